The average molecular weight is 252 g/mol. The minimum atomic E-state index is -0.896. The Morgan fingerprint density at radius 2 is 1.94 bits per heavy atom. The van der Waals surface area contributed by atoms with Crippen LogP contribution in [0.3, 0.4) is 0 Å². The number of benzene rings is 1. The zero-order valence-corrected chi connectivity index (χ0v) is 9.98. The maximum Gasteiger partial charge on any atom is 0.126 e. The number of imidazole rings is 1. The summed E-state index contributed by atoms with van der Waals surface area (Å²) in [5, 5.41) is 9.89. The van der Waals surface area contributed by atoms with Crippen LogP contribution < -0.4 is 0 Å². The molecular weight excluding hydrogens is 238 g/mol. The highest BCUT2D eigenvalue weighted by Crippen LogP contribution is 2.20. The van der Waals surface area contributed by atoms with Crippen molar-refractivity contribution in [1.82, 2.24) is 9.55 Å². The highest BCUT2D eigenvalue weighted by atomic mass is 19.1. The lowest BCUT2D eigenvalue weighted by Gasteiger charge is -2.11. The van der Waals surface area contributed by atoms with E-state index in [1.807, 2.05) is 17.8 Å². The number of aliphatic hydroxyl groups is 1. The number of aliphatic hydroxyl groups excluding tert-OH is 1. The molecule has 0 aliphatic carbocycles. The van der Waals surface area contributed by atoms with E-state index in [1.54, 1.807) is 6.20 Å². The van der Waals surface area contributed by atoms with Gasteiger partial charge < -0.3 is 9.67 Å². The van der Waals surface area contributed by atoms with Crippen molar-refractivity contribution in [3.05, 3.63) is 53.6 Å². The maximum atomic E-state index is 13.0. The van der Waals surface area contributed by atoms with Crippen LogP contribution in [0.15, 0.2) is 30.6 Å². The van der Waals surface area contributed by atoms with Crippen molar-refractivity contribution in [2.24, 2.45) is 7.05 Å². The molecule has 1 N–H and O–H groups in total. The standard InChI is InChI=1S/C13H14F2N2O/c1-17-5-4-16-13(17)3-2-12(18)9-6-10(14)8-11(15)7-9/h4-8,12,18H,2-3H2,1H3. The molecule has 1 aromatic heterocycles. The van der Waals surface area contributed by atoms with Crippen LogP contribution in [0.5, 0.6) is 0 Å². The lowest BCUT2D eigenvalue weighted by Crippen LogP contribution is -2.04. The van der Waals surface area contributed by atoms with Crippen molar-refractivity contribution in [3.8, 4) is 0 Å². The molecule has 1 unspecified atom stereocenters. The van der Waals surface area contributed by atoms with Gasteiger partial charge in [-0.05, 0) is 24.1 Å². The summed E-state index contributed by atoms with van der Waals surface area (Å²) in [6, 6.07) is 3.08. The summed E-state index contributed by atoms with van der Waals surface area (Å²) < 4.78 is 27.8. The van der Waals surface area contributed by atoms with E-state index < -0.39 is 17.7 Å². The first kappa shape index (κ1) is 12.7. The Morgan fingerprint density at radius 3 is 2.50 bits per heavy atom. The number of hydrogen-bond donors (Lipinski definition) is 1. The second-order valence-corrected chi connectivity index (χ2v) is 4.21. The summed E-state index contributed by atoms with van der Waals surface area (Å²) >= 11 is 0. The predicted molar refractivity (Wildman–Crippen MR) is 62.8 cm³/mol. The molecular formula is C13H14F2N2O. The lowest BCUT2D eigenvalue weighted by atomic mass is 10.0. The van der Waals surface area contributed by atoms with Gasteiger partial charge in [0.2, 0.25) is 0 Å². The zero-order chi connectivity index (χ0) is 13.1. The Balaban J connectivity index is 2.03. The van der Waals surface area contributed by atoms with Gasteiger partial charge in [-0.2, -0.15) is 0 Å². The molecule has 0 amide bonds. The van der Waals surface area contributed by atoms with Gasteiger partial charge in [0, 0.05) is 31.9 Å². The molecule has 3 nitrogen and oxygen atoms in total. The molecule has 2 rings (SSSR count). The fourth-order valence-electron chi connectivity index (χ4n) is 1.84. The molecule has 0 saturated heterocycles. The van der Waals surface area contributed by atoms with E-state index in [4.69, 9.17) is 0 Å². The second-order valence-electron chi connectivity index (χ2n) is 4.21. The molecule has 96 valence electrons. The van der Waals surface area contributed by atoms with E-state index in [1.165, 1.54) is 0 Å². The summed E-state index contributed by atoms with van der Waals surface area (Å²) in [6.07, 6.45) is 3.50. The summed E-state index contributed by atoms with van der Waals surface area (Å²) in [6.45, 7) is 0. The summed E-state index contributed by atoms with van der Waals surface area (Å²) in [5.41, 5.74) is 0.252. The SMILES string of the molecule is Cn1ccnc1CCC(O)c1cc(F)cc(F)c1. The van der Waals surface area contributed by atoms with Crippen LogP contribution in [0, 0.1) is 11.6 Å². The van der Waals surface area contributed by atoms with E-state index in [9.17, 15) is 13.9 Å². The van der Waals surface area contributed by atoms with Gasteiger partial charge in [-0.1, -0.05) is 0 Å². The molecule has 0 bridgehead atoms. The van der Waals surface area contributed by atoms with Crippen LogP contribution in [0.1, 0.15) is 23.9 Å². The van der Waals surface area contributed by atoms with Crippen molar-refractivity contribution >= 4 is 0 Å². The van der Waals surface area contributed by atoms with Gasteiger partial charge in [0.1, 0.15) is 17.5 Å². The van der Waals surface area contributed by atoms with E-state index in [0.717, 1.165) is 24.0 Å². The van der Waals surface area contributed by atoms with Gasteiger partial charge >= 0.3 is 0 Å². The first-order valence-electron chi connectivity index (χ1n) is 5.66. The Bertz CT molecular complexity index is 519. The topological polar surface area (TPSA) is 38.0 Å². The number of halogens is 2. The molecule has 0 aliphatic heterocycles. The molecule has 1 aromatic carbocycles. The molecule has 18 heavy (non-hydrogen) atoms. The number of nitrogens with zero attached hydrogens (tertiary/aromatic N) is 2. The second kappa shape index (κ2) is 5.27. The Labute approximate surface area is 104 Å². The third kappa shape index (κ3) is 2.92. The molecule has 1 heterocycles. The Kier molecular flexibility index (Phi) is 3.72. The van der Waals surface area contributed by atoms with E-state index in [0.29, 0.717) is 12.8 Å². The first-order chi connectivity index (χ1) is 8.56. The normalized spacial score (nSPS) is 12.7. The zero-order valence-electron chi connectivity index (χ0n) is 9.98. The van der Waals surface area contributed by atoms with Gasteiger partial charge in [-0.3, -0.25) is 0 Å². The monoisotopic (exact) mass is 252 g/mol. The van der Waals surface area contributed by atoms with Crippen LogP contribution in [0.25, 0.3) is 0 Å². The molecule has 1 atom stereocenters. The predicted octanol–water partition coefficient (Wildman–Crippen LogP) is 2.36. The van der Waals surface area contributed by atoms with Crippen LogP contribution in [0.2, 0.25) is 0 Å². The van der Waals surface area contributed by atoms with Crippen molar-refractivity contribution in [3.63, 3.8) is 0 Å². The van der Waals surface area contributed by atoms with Crippen molar-refractivity contribution < 1.29 is 13.9 Å². The van der Waals surface area contributed by atoms with Crippen LogP contribution in [-0.2, 0) is 13.5 Å². The highest BCUT2D eigenvalue weighted by Gasteiger charge is 2.12. The molecule has 0 aliphatic rings. The molecule has 5 heteroatoms. The summed E-state index contributed by atoms with van der Waals surface area (Å²) in [4.78, 5) is 4.12. The molecule has 2 aromatic rings. The van der Waals surface area contributed by atoms with E-state index in [2.05, 4.69) is 4.98 Å². The minimum absolute atomic E-state index is 0.252. The Hall–Kier alpha value is -1.75. The highest BCUT2D eigenvalue weighted by molar-refractivity contribution is 5.20. The Morgan fingerprint density at radius 1 is 1.28 bits per heavy atom. The van der Waals surface area contributed by atoms with Gasteiger partial charge in [-0.15, -0.1) is 0 Å². The number of aromatic nitrogens is 2. The minimum Gasteiger partial charge on any atom is -0.388 e. The van der Waals surface area contributed by atoms with Gasteiger partial charge in [-0.25, -0.2) is 13.8 Å². The van der Waals surface area contributed by atoms with E-state index in [-0.39, 0.29) is 5.56 Å². The van der Waals surface area contributed by atoms with Gasteiger partial charge in [0.25, 0.3) is 0 Å². The van der Waals surface area contributed by atoms with Gasteiger partial charge in [0.05, 0.1) is 6.10 Å². The first-order valence-corrected chi connectivity index (χ1v) is 5.66. The van der Waals surface area contributed by atoms with Crippen molar-refractivity contribution in [1.29, 1.82) is 0 Å². The fourth-order valence-corrected chi connectivity index (χ4v) is 1.84. The maximum absolute atomic E-state index is 13.0. The van der Waals surface area contributed by atoms with E-state index >= 15 is 0 Å². The van der Waals surface area contributed by atoms with Crippen LogP contribution in [-0.4, -0.2) is 14.7 Å². The van der Waals surface area contributed by atoms with Crippen LogP contribution in [0.4, 0.5) is 8.78 Å². The third-order valence-corrected chi connectivity index (χ3v) is 2.83. The smallest absolute Gasteiger partial charge is 0.126 e. The average Bonchev–Trinajstić information content (AvgIpc) is 2.70. The van der Waals surface area contributed by atoms with Crippen molar-refractivity contribution in [2.75, 3.05) is 0 Å². The van der Waals surface area contributed by atoms with Crippen molar-refractivity contribution in [2.45, 2.75) is 18.9 Å². The largest absolute Gasteiger partial charge is 0.388 e. The third-order valence-electron chi connectivity index (χ3n) is 2.83. The molecule has 0 saturated carbocycles. The number of aryl methyl sites for hydroxylation is 2. The quantitative estimate of drug-likeness (QED) is 0.907. The summed E-state index contributed by atoms with van der Waals surface area (Å²) in [5.74, 6) is -0.534. The molecule has 0 fully saturated rings. The fraction of sp³-hybridized carbons (Fsp3) is 0.308. The number of rotatable bonds is 4. The van der Waals surface area contributed by atoms with Crippen LogP contribution >= 0.6 is 0 Å². The number of hydrogen-bond acceptors (Lipinski definition) is 2. The molecule has 0 radical (unpaired) electrons. The van der Waals surface area contributed by atoms with Gasteiger partial charge in [0.15, 0.2) is 0 Å². The summed E-state index contributed by atoms with van der Waals surface area (Å²) in [7, 11) is 1.86. The lowest BCUT2D eigenvalue weighted by molar-refractivity contribution is 0.166. The molecule has 0 spiro atoms.